The first kappa shape index (κ1) is 27.8. The number of amides is 1. The highest BCUT2D eigenvalue weighted by Gasteiger charge is 2.48. The van der Waals surface area contributed by atoms with Crippen LogP contribution in [0.3, 0.4) is 0 Å². The van der Waals surface area contributed by atoms with Crippen molar-refractivity contribution in [1.29, 1.82) is 0 Å². The number of aromatic nitrogens is 3. The smallest absolute Gasteiger partial charge is 0.407 e. The first-order valence-electron chi connectivity index (χ1n) is 14.8. The van der Waals surface area contributed by atoms with E-state index in [9.17, 15) is 9.90 Å². The average molecular weight is 599 g/mol. The van der Waals surface area contributed by atoms with Crippen LogP contribution in [0.4, 0.5) is 4.79 Å². The Labute approximate surface area is 248 Å². The lowest BCUT2D eigenvalue weighted by Crippen LogP contribution is -2.40. The Hall–Kier alpha value is -2.96. The largest absolute Gasteiger partial charge is 0.456 e. The quantitative estimate of drug-likeness (QED) is 0.383. The summed E-state index contributed by atoms with van der Waals surface area (Å²) in [6.07, 6.45) is 3.31. The van der Waals surface area contributed by atoms with Crippen molar-refractivity contribution in [3.8, 4) is 17.3 Å². The van der Waals surface area contributed by atoms with Crippen LogP contribution >= 0.6 is 11.6 Å². The van der Waals surface area contributed by atoms with Crippen LogP contribution in [0.1, 0.15) is 50.0 Å². The molecule has 0 radical (unpaired) electrons. The average Bonchev–Trinajstić information content (AvgIpc) is 3.70. The van der Waals surface area contributed by atoms with E-state index in [0.717, 1.165) is 44.1 Å². The molecular formula is C30H35ClN4O7. The van der Waals surface area contributed by atoms with Crippen LogP contribution in [0.15, 0.2) is 30.3 Å². The molecular weight excluding hydrogens is 564 g/mol. The van der Waals surface area contributed by atoms with Crippen molar-refractivity contribution in [3.63, 3.8) is 0 Å². The maximum Gasteiger partial charge on any atom is 0.407 e. The van der Waals surface area contributed by atoms with E-state index in [4.69, 9.17) is 40.3 Å². The standard InChI is InChI=1S/C30H35ClN4O7/c31-21-13-22-28(35-29(33-22)42-24-15-40-26-23(36)14-39-27(24)26)34-25(21)18-3-1-16(2-4-18)17-5-7-19(8-6-17)32-30(37)41-20-9-11-38-12-10-20/h1-4,13,17,19-20,23-24,26-27,36H,5-12,14-15H2,(H,32,37)(H,33,34,35)/t17-,19+,23-,24-,26-,27-/m1/s1. The third-order valence-corrected chi connectivity index (χ3v) is 9.08. The molecule has 0 unspecified atom stereocenters. The number of aliphatic hydroxyl groups excluding tert-OH is 1. The fourth-order valence-electron chi connectivity index (χ4n) is 6.47. The number of carbonyl (C=O) groups excluding carboxylic acids is 1. The topological polar surface area (TPSA) is 137 Å². The summed E-state index contributed by atoms with van der Waals surface area (Å²) < 4.78 is 28.2. The van der Waals surface area contributed by atoms with Gasteiger partial charge in [0.2, 0.25) is 0 Å². The van der Waals surface area contributed by atoms with Gasteiger partial charge in [0.25, 0.3) is 6.01 Å². The monoisotopic (exact) mass is 598 g/mol. The second kappa shape index (κ2) is 12.0. The molecule has 0 bridgehead atoms. The van der Waals surface area contributed by atoms with E-state index >= 15 is 0 Å². The number of benzene rings is 1. The zero-order valence-electron chi connectivity index (χ0n) is 23.2. The number of H-pyrrole nitrogens is 1. The molecule has 42 heavy (non-hydrogen) atoms. The van der Waals surface area contributed by atoms with E-state index < -0.39 is 6.10 Å². The van der Waals surface area contributed by atoms with Gasteiger partial charge in [-0.2, -0.15) is 4.98 Å². The summed E-state index contributed by atoms with van der Waals surface area (Å²) in [6, 6.07) is 10.6. The SMILES string of the molecule is O=C(N[C@H]1CC[C@@H](c2ccc(-c3nc4[nH]c(O[C@@H]5CO[C@H]6[C@@H]5OC[C@H]6O)nc4cc3Cl)cc2)CC1)OC1CCOCC1. The molecule has 5 heterocycles. The number of hydrogen-bond acceptors (Lipinski definition) is 9. The number of nitrogens with zero attached hydrogens (tertiary/aromatic N) is 2. The van der Waals surface area contributed by atoms with Crippen molar-refractivity contribution in [3.05, 3.63) is 40.9 Å². The molecule has 4 atom stereocenters. The molecule has 224 valence electrons. The maximum absolute atomic E-state index is 12.3. The molecule has 1 saturated carbocycles. The van der Waals surface area contributed by atoms with Crippen LogP contribution in [-0.4, -0.2) is 89.1 Å². The molecule has 2 aromatic heterocycles. The van der Waals surface area contributed by atoms with Gasteiger partial charge in [-0.3, -0.25) is 4.98 Å². The van der Waals surface area contributed by atoms with Crippen LogP contribution < -0.4 is 10.1 Å². The number of pyridine rings is 1. The minimum absolute atomic E-state index is 0.0429. The second-order valence-corrected chi connectivity index (χ2v) is 12.0. The van der Waals surface area contributed by atoms with Gasteiger partial charge in [0.15, 0.2) is 11.8 Å². The highest BCUT2D eigenvalue weighted by molar-refractivity contribution is 6.33. The summed E-state index contributed by atoms with van der Waals surface area (Å²) in [6.45, 7) is 1.85. The van der Waals surface area contributed by atoms with E-state index in [2.05, 4.69) is 39.6 Å². The number of rotatable bonds is 6. The molecule has 12 heteroatoms. The van der Waals surface area contributed by atoms with Crippen molar-refractivity contribution >= 4 is 28.9 Å². The molecule has 3 N–H and O–H groups in total. The third kappa shape index (κ3) is 5.80. The van der Waals surface area contributed by atoms with E-state index in [1.54, 1.807) is 6.07 Å². The highest BCUT2D eigenvalue weighted by Crippen LogP contribution is 2.36. The Bertz CT molecular complexity index is 1400. The van der Waals surface area contributed by atoms with Gasteiger partial charge < -0.3 is 34.1 Å². The zero-order valence-corrected chi connectivity index (χ0v) is 23.9. The summed E-state index contributed by atoms with van der Waals surface area (Å²) in [5, 5.41) is 13.5. The van der Waals surface area contributed by atoms with Gasteiger partial charge in [0, 0.05) is 24.4 Å². The number of halogens is 1. The van der Waals surface area contributed by atoms with E-state index in [1.165, 1.54) is 5.56 Å². The number of ether oxygens (including phenoxy) is 5. The lowest BCUT2D eigenvalue weighted by Gasteiger charge is -2.30. The van der Waals surface area contributed by atoms with Crippen LogP contribution in [0.25, 0.3) is 22.4 Å². The maximum atomic E-state index is 12.3. The molecule has 11 nitrogen and oxygen atoms in total. The van der Waals surface area contributed by atoms with Crippen LogP contribution in [0.2, 0.25) is 5.02 Å². The number of alkyl carbamates (subject to hydrolysis) is 1. The number of aromatic amines is 1. The van der Waals surface area contributed by atoms with Crippen molar-refractivity contribution < 1.29 is 33.6 Å². The minimum Gasteiger partial charge on any atom is -0.456 e. The molecule has 1 aromatic carbocycles. The predicted molar refractivity (Wildman–Crippen MR) is 153 cm³/mol. The molecule has 0 spiro atoms. The summed E-state index contributed by atoms with van der Waals surface area (Å²) in [7, 11) is 0. The fraction of sp³-hybridized carbons (Fsp3) is 0.567. The predicted octanol–water partition coefficient (Wildman–Crippen LogP) is 4.12. The van der Waals surface area contributed by atoms with Crippen LogP contribution in [0, 0.1) is 0 Å². The van der Waals surface area contributed by atoms with Crippen LogP contribution in [-0.2, 0) is 18.9 Å². The molecule has 7 rings (SSSR count). The summed E-state index contributed by atoms with van der Waals surface area (Å²) in [5.74, 6) is 0.436. The second-order valence-electron chi connectivity index (χ2n) is 11.6. The van der Waals surface area contributed by atoms with Gasteiger partial charge in [-0.05, 0) is 43.2 Å². The Morgan fingerprint density at radius 2 is 1.76 bits per heavy atom. The van der Waals surface area contributed by atoms with Crippen molar-refractivity contribution in [1.82, 2.24) is 20.3 Å². The number of carbonyl (C=O) groups is 1. The number of imidazole rings is 1. The first-order valence-corrected chi connectivity index (χ1v) is 15.2. The molecule has 3 aromatic rings. The Balaban J connectivity index is 0.958. The van der Waals surface area contributed by atoms with Gasteiger partial charge in [-0.15, -0.1) is 0 Å². The zero-order chi connectivity index (χ0) is 28.6. The van der Waals surface area contributed by atoms with Crippen LogP contribution in [0.5, 0.6) is 6.01 Å². The summed E-state index contributed by atoms with van der Waals surface area (Å²) in [4.78, 5) is 24.7. The lowest BCUT2D eigenvalue weighted by atomic mass is 9.81. The van der Waals surface area contributed by atoms with Gasteiger partial charge in [-0.1, -0.05) is 35.9 Å². The van der Waals surface area contributed by atoms with Gasteiger partial charge in [0.05, 0.1) is 37.1 Å². The van der Waals surface area contributed by atoms with Crippen molar-refractivity contribution in [2.24, 2.45) is 0 Å². The molecule has 1 aliphatic carbocycles. The lowest BCUT2D eigenvalue weighted by molar-refractivity contribution is 0.000407. The molecule has 4 aliphatic rings. The van der Waals surface area contributed by atoms with Crippen molar-refractivity contribution in [2.75, 3.05) is 26.4 Å². The Morgan fingerprint density at radius 1 is 1.00 bits per heavy atom. The summed E-state index contributed by atoms with van der Waals surface area (Å²) in [5.41, 5.74) is 4.01. The van der Waals surface area contributed by atoms with Gasteiger partial charge >= 0.3 is 6.09 Å². The molecule has 4 fully saturated rings. The number of fused-ring (bicyclic) bond motifs is 2. The van der Waals surface area contributed by atoms with E-state index in [-0.39, 0.29) is 43.2 Å². The Morgan fingerprint density at radius 3 is 2.55 bits per heavy atom. The molecule has 1 amide bonds. The normalized spacial score (nSPS) is 29.9. The van der Waals surface area contributed by atoms with Crippen molar-refractivity contribution in [2.45, 2.75) is 81.0 Å². The molecule has 3 saturated heterocycles. The van der Waals surface area contributed by atoms with E-state index in [1.807, 2.05) is 0 Å². The highest BCUT2D eigenvalue weighted by atomic mass is 35.5. The molecule has 3 aliphatic heterocycles. The Kier molecular flexibility index (Phi) is 7.93. The number of hydrogen-bond donors (Lipinski definition) is 3. The summed E-state index contributed by atoms with van der Waals surface area (Å²) >= 11 is 6.64. The van der Waals surface area contributed by atoms with Gasteiger partial charge in [-0.25, -0.2) is 9.78 Å². The minimum atomic E-state index is -0.640. The number of aliphatic hydroxyl groups is 1. The third-order valence-electron chi connectivity index (χ3n) is 8.79. The van der Waals surface area contributed by atoms with E-state index in [0.29, 0.717) is 53.6 Å². The van der Waals surface area contributed by atoms with Gasteiger partial charge in [0.1, 0.15) is 29.9 Å². The fourth-order valence-corrected chi connectivity index (χ4v) is 6.73. The number of nitrogens with one attached hydrogen (secondary N) is 2. The first-order chi connectivity index (χ1) is 20.5.